The van der Waals surface area contributed by atoms with Gasteiger partial charge in [0.25, 0.3) is 5.92 Å². The van der Waals surface area contributed by atoms with E-state index in [0.29, 0.717) is 6.42 Å². The quantitative estimate of drug-likeness (QED) is 0.282. The predicted molar refractivity (Wildman–Crippen MR) is 105 cm³/mol. The van der Waals surface area contributed by atoms with Gasteiger partial charge in [0.2, 0.25) is 0 Å². The highest BCUT2D eigenvalue weighted by molar-refractivity contribution is 6.74. The van der Waals surface area contributed by atoms with Crippen molar-refractivity contribution in [2.24, 2.45) is 11.8 Å². The molecule has 1 saturated carbocycles. The molecule has 150 valence electrons. The highest BCUT2D eigenvalue weighted by Gasteiger charge is 2.66. The number of hydrogen-bond donors (Lipinski definition) is 0. The van der Waals surface area contributed by atoms with Crippen LogP contribution in [0.4, 0.5) is 8.78 Å². The number of allylic oxidation sites excluding steroid dienone is 3. The second kappa shape index (κ2) is 7.88. The Labute approximate surface area is 162 Å². The highest BCUT2D eigenvalue weighted by Crippen LogP contribution is 2.58. The van der Waals surface area contributed by atoms with E-state index >= 15 is 0 Å². The highest BCUT2D eigenvalue weighted by atomic mass is 28.4. The fourth-order valence-corrected chi connectivity index (χ4v) is 4.17. The topological polar surface area (TPSA) is 35.5 Å². The van der Waals surface area contributed by atoms with Crippen LogP contribution < -0.4 is 0 Å². The minimum absolute atomic E-state index is 0.0286. The zero-order valence-electron chi connectivity index (χ0n) is 17.0. The van der Waals surface area contributed by atoms with Gasteiger partial charge in [-0.3, -0.25) is 0 Å². The monoisotopic (exact) mass is 396 g/mol. The zero-order valence-corrected chi connectivity index (χ0v) is 18.0. The Morgan fingerprint density at radius 2 is 1.89 bits per heavy atom. The van der Waals surface area contributed by atoms with Crippen LogP contribution in [0.2, 0.25) is 18.1 Å². The van der Waals surface area contributed by atoms with E-state index in [1.807, 2.05) is 6.08 Å². The number of carbonyl (C=O) groups excluding carboxylic acids is 1. The average Bonchev–Trinajstić information content (AvgIpc) is 3.00. The normalized spacial score (nSPS) is 33.6. The molecule has 0 amide bonds. The molecule has 0 aromatic heterocycles. The summed E-state index contributed by atoms with van der Waals surface area (Å²) in [5.41, 5.74) is 0. The fraction of sp³-hybridized carbons (Fsp3) is 0.667. The molecule has 0 aromatic carbocycles. The molecule has 0 aromatic rings. The van der Waals surface area contributed by atoms with Crippen molar-refractivity contribution >= 4 is 14.3 Å². The first kappa shape index (κ1) is 21.8. The van der Waals surface area contributed by atoms with Crippen molar-refractivity contribution < 1.29 is 22.7 Å². The Balaban J connectivity index is 2.21. The Hall–Kier alpha value is -1.45. The van der Waals surface area contributed by atoms with E-state index in [0.717, 1.165) is 0 Å². The molecule has 0 bridgehead atoms. The molecule has 0 radical (unpaired) electrons. The van der Waals surface area contributed by atoms with E-state index in [1.54, 1.807) is 19.1 Å². The van der Waals surface area contributed by atoms with Crippen molar-refractivity contribution in [1.29, 1.82) is 0 Å². The Kier molecular flexibility index (Phi) is 6.38. The average molecular weight is 397 g/mol. The molecule has 6 heteroatoms. The van der Waals surface area contributed by atoms with Crippen LogP contribution in [0.5, 0.6) is 0 Å². The van der Waals surface area contributed by atoms with Crippen LogP contribution in [-0.4, -0.2) is 32.4 Å². The van der Waals surface area contributed by atoms with Crippen molar-refractivity contribution in [3.8, 4) is 11.8 Å². The van der Waals surface area contributed by atoms with Crippen LogP contribution in [0, 0.1) is 23.7 Å². The summed E-state index contributed by atoms with van der Waals surface area (Å²) in [6.45, 7) is 12.3. The van der Waals surface area contributed by atoms with Gasteiger partial charge in [0.1, 0.15) is 6.10 Å². The van der Waals surface area contributed by atoms with Crippen LogP contribution in [0.25, 0.3) is 0 Å². The van der Waals surface area contributed by atoms with E-state index in [2.05, 4.69) is 45.7 Å². The molecular weight excluding hydrogens is 366 g/mol. The maximum atomic E-state index is 13.9. The molecule has 0 N–H and O–H groups in total. The van der Waals surface area contributed by atoms with Gasteiger partial charge in [-0.05, 0) is 31.5 Å². The number of alkyl halides is 2. The molecule has 1 heterocycles. The maximum Gasteiger partial charge on any atom is 0.384 e. The molecule has 3 nitrogen and oxygen atoms in total. The molecule has 3 unspecified atom stereocenters. The second-order valence-electron chi connectivity index (χ2n) is 8.95. The number of cyclic esters (lactones) is 1. The minimum atomic E-state index is -2.74. The van der Waals surface area contributed by atoms with Crippen molar-refractivity contribution in [2.75, 3.05) is 0 Å². The minimum Gasteiger partial charge on any atom is -0.453 e. The third kappa shape index (κ3) is 5.52. The van der Waals surface area contributed by atoms with Gasteiger partial charge in [-0.1, -0.05) is 51.0 Å². The molecule has 0 spiro atoms. The second-order valence-corrected chi connectivity index (χ2v) is 13.7. The summed E-state index contributed by atoms with van der Waals surface area (Å²) in [6, 6.07) is 0. The summed E-state index contributed by atoms with van der Waals surface area (Å²) in [5.74, 6) is 0.259. The van der Waals surface area contributed by atoms with Gasteiger partial charge < -0.3 is 9.16 Å². The van der Waals surface area contributed by atoms with Gasteiger partial charge in [0, 0.05) is 18.3 Å². The van der Waals surface area contributed by atoms with Gasteiger partial charge >= 0.3 is 5.97 Å². The van der Waals surface area contributed by atoms with Crippen LogP contribution in [-0.2, 0) is 14.0 Å². The molecule has 27 heavy (non-hydrogen) atoms. The maximum absolute atomic E-state index is 13.9. The summed E-state index contributed by atoms with van der Waals surface area (Å²) in [4.78, 5) is 11.8. The zero-order chi connectivity index (χ0) is 20.5. The summed E-state index contributed by atoms with van der Waals surface area (Å²) in [5, 5.41) is 0.0286. The molecule has 1 aliphatic heterocycles. The largest absolute Gasteiger partial charge is 0.453 e. The number of rotatable bonds is 2. The lowest BCUT2D eigenvalue weighted by Crippen LogP contribution is -2.43. The van der Waals surface area contributed by atoms with Crippen LogP contribution >= 0.6 is 0 Å². The Morgan fingerprint density at radius 3 is 2.52 bits per heavy atom. The number of halogens is 2. The first-order valence-corrected chi connectivity index (χ1v) is 12.4. The molecule has 0 saturated heterocycles. The van der Waals surface area contributed by atoms with Gasteiger partial charge in [-0.25, -0.2) is 13.6 Å². The fourth-order valence-electron chi connectivity index (χ4n) is 2.90. The van der Waals surface area contributed by atoms with Gasteiger partial charge in [0.05, 0.1) is 12.0 Å². The number of hydrogen-bond acceptors (Lipinski definition) is 3. The third-order valence-corrected chi connectivity index (χ3v) is 10.2. The number of fused-ring (bicyclic) bond motifs is 1. The summed E-state index contributed by atoms with van der Waals surface area (Å²) in [6.07, 6.45) is 6.39. The van der Waals surface area contributed by atoms with Crippen LogP contribution in [0.15, 0.2) is 24.3 Å². The predicted octanol–water partition coefficient (Wildman–Crippen LogP) is 5.10. The SMILES string of the molecule is C[C@@H]1CC2C(/C=C\C=C\C(O[Si](C)(C)C(C)(C)C)CC#CC(=O)O1)C2(F)F. The van der Waals surface area contributed by atoms with Crippen molar-refractivity contribution in [1.82, 2.24) is 0 Å². The lowest BCUT2D eigenvalue weighted by Gasteiger charge is -2.38. The smallest absolute Gasteiger partial charge is 0.384 e. The van der Waals surface area contributed by atoms with Crippen molar-refractivity contribution in [2.45, 2.75) is 76.8 Å². The summed E-state index contributed by atoms with van der Waals surface area (Å²) in [7, 11) is -2.04. The lowest BCUT2D eigenvalue weighted by molar-refractivity contribution is -0.141. The first-order valence-electron chi connectivity index (χ1n) is 9.44. The molecular formula is C21H30F2O3Si. The van der Waals surface area contributed by atoms with E-state index < -0.39 is 38.1 Å². The molecule has 2 rings (SSSR count). The van der Waals surface area contributed by atoms with Crippen molar-refractivity contribution in [3.05, 3.63) is 24.3 Å². The van der Waals surface area contributed by atoms with E-state index in [4.69, 9.17) is 9.16 Å². The Bertz CT molecular complexity index is 680. The summed E-state index contributed by atoms with van der Waals surface area (Å²) >= 11 is 0. The van der Waals surface area contributed by atoms with E-state index in [-0.39, 0.29) is 17.6 Å². The lowest BCUT2D eigenvalue weighted by atomic mass is 10.1. The molecule has 2 aliphatic rings. The Morgan fingerprint density at radius 1 is 1.26 bits per heavy atom. The van der Waals surface area contributed by atoms with E-state index in [9.17, 15) is 13.6 Å². The van der Waals surface area contributed by atoms with Gasteiger partial charge in [-0.15, -0.1) is 0 Å². The molecule has 1 aliphatic carbocycles. The third-order valence-electron chi connectivity index (χ3n) is 5.66. The number of esters is 1. The number of carbonyl (C=O) groups is 1. The van der Waals surface area contributed by atoms with E-state index in [1.165, 1.54) is 6.08 Å². The van der Waals surface area contributed by atoms with Gasteiger partial charge in [0.15, 0.2) is 8.32 Å². The van der Waals surface area contributed by atoms with Crippen LogP contribution in [0.3, 0.4) is 0 Å². The standard InChI is InChI=1S/C21H30F2O3Si/c1-15-14-18-17(21(18,22)23)12-8-7-10-16(11-9-13-19(24)25-15)26-27(5,6)20(2,3)4/h7-8,10,12,15-18H,11,14H2,1-6H3/b10-7+,12-8-/t15-,16?,17?,18?/m1/s1. The summed E-state index contributed by atoms with van der Waals surface area (Å²) < 4.78 is 39.4. The van der Waals surface area contributed by atoms with Crippen molar-refractivity contribution in [3.63, 3.8) is 0 Å². The first-order chi connectivity index (χ1) is 12.3. The van der Waals surface area contributed by atoms with Crippen LogP contribution in [0.1, 0.15) is 40.5 Å². The number of ether oxygens (including phenoxy) is 1. The molecule has 4 atom stereocenters. The molecule has 1 fully saturated rings. The van der Waals surface area contributed by atoms with Gasteiger partial charge in [-0.2, -0.15) is 0 Å².